The molecule has 0 aliphatic carbocycles. The van der Waals surface area contributed by atoms with Crippen LogP contribution in [0.2, 0.25) is 0 Å². The molecule has 1 aromatic carbocycles. The first-order valence-electron chi connectivity index (χ1n) is 5.65. The van der Waals surface area contributed by atoms with Crippen molar-refractivity contribution in [2.45, 2.75) is 20.3 Å². The molecule has 0 aromatic heterocycles. The third kappa shape index (κ3) is 4.68. The molecule has 1 N–H and O–H groups in total. The van der Waals surface area contributed by atoms with Crippen molar-refractivity contribution in [3.8, 4) is 0 Å². The van der Waals surface area contributed by atoms with Gasteiger partial charge in [0.25, 0.3) is 5.91 Å². The number of carbonyl (C=O) groups is 1. The van der Waals surface area contributed by atoms with E-state index in [4.69, 9.17) is 11.6 Å². The van der Waals surface area contributed by atoms with Gasteiger partial charge < -0.3 is 5.32 Å². The van der Waals surface area contributed by atoms with E-state index in [-0.39, 0.29) is 5.91 Å². The van der Waals surface area contributed by atoms with Crippen LogP contribution in [0, 0.1) is 12.8 Å². The summed E-state index contributed by atoms with van der Waals surface area (Å²) >= 11 is 9.04. The topological polar surface area (TPSA) is 29.1 Å². The van der Waals surface area contributed by atoms with E-state index in [0.29, 0.717) is 18.3 Å². The summed E-state index contributed by atoms with van der Waals surface area (Å²) in [5.74, 6) is 1.03. The molecule has 0 spiro atoms. The second-order valence-electron chi connectivity index (χ2n) is 4.25. The summed E-state index contributed by atoms with van der Waals surface area (Å²) in [4.78, 5) is 11.9. The van der Waals surface area contributed by atoms with Gasteiger partial charge in [-0.2, -0.15) is 0 Å². The lowest BCUT2D eigenvalue weighted by molar-refractivity contribution is 0.0947. The van der Waals surface area contributed by atoms with Gasteiger partial charge in [0.2, 0.25) is 0 Å². The molecule has 1 atom stereocenters. The van der Waals surface area contributed by atoms with Gasteiger partial charge in [-0.15, -0.1) is 11.6 Å². The Morgan fingerprint density at radius 3 is 2.82 bits per heavy atom. The predicted octanol–water partition coefficient (Wildman–Crippen LogP) is 3.75. The predicted molar refractivity (Wildman–Crippen MR) is 75.7 cm³/mol. The second-order valence-corrected chi connectivity index (χ2v) is 5.55. The van der Waals surface area contributed by atoms with E-state index in [1.54, 1.807) is 0 Å². The first-order chi connectivity index (χ1) is 8.04. The standard InChI is InChI=1S/C13H17BrClNO/c1-9(5-6-15)8-16-13(17)12-4-3-11(14)7-10(12)2/h3-4,7,9H,5-6,8H2,1-2H3,(H,16,17). The number of aryl methyl sites for hydroxylation is 1. The van der Waals surface area contributed by atoms with Gasteiger partial charge >= 0.3 is 0 Å². The zero-order chi connectivity index (χ0) is 12.8. The van der Waals surface area contributed by atoms with Crippen molar-refractivity contribution in [3.05, 3.63) is 33.8 Å². The van der Waals surface area contributed by atoms with Crippen molar-refractivity contribution in [1.82, 2.24) is 5.32 Å². The molecule has 0 fully saturated rings. The van der Waals surface area contributed by atoms with E-state index >= 15 is 0 Å². The summed E-state index contributed by atoms with van der Waals surface area (Å²) in [7, 11) is 0. The van der Waals surface area contributed by atoms with E-state index in [9.17, 15) is 4.79 Å². The van der Waals surface area contributed by atoms with Crippen molar-refractivity contribution in [1.29, 1.82) is 0 Å². The number of nitrogens with one attached hydrogen (secondary N) is 1. The number of alkyl halides is 1. The van der Waals surface area contributed by atoms with E-state index in [2.05, 4.69) is 28.2 Å². The highest BCUT2D eigenvalue weighted by atomic mass is 79.9. The molecular weight excluding hydrogens is 302 g/mol. The van der Waals surface area contributed by atoms with Crippen LogP contribution in [-0.2, 0) is 0 Å². The number of rotatable bonds is 5. The van der Waals surface area contributed by atoms with Crippen LogP contribution >= 0.6 is 27.5 Å². The van der Waals surface area contributed by atoms with Crippen LogP contribution in [0.15, 0.2) is 22.7 Å². The second kappa shape index (κ2) is 7.02. The SMILES string of the molecule is Cc1cc(Br)ccc1C(=O)NCC(C)CCCl. The molecule has 17 heavy (non-hydrogen) atoms. The Kier molecular flexibility index (Phi) is 6.00. The Morgan fingerprint density at radius 2 is 2.24 bits per heavy atom. The molecular formula is C13H17BrClNO. The van der Waals surface area contributed by atoms with Crippen molar-refractivity contribution < 1.29 is 4.79 Å². The van der Waals surface area contributed by atoms with Crippen molar-refractivity contribution in [2.24, 2.45) is 5.92 Å². The zero-order valence-corrected chi connectivity index (χ0v) is 12.4. The lowest BCUT2D eigenvalue weighted by Crippen LogP contribution is -2.29. The molecule has 0 aliphatic heterocycles. The van der Waals surface area contributed by atoms with Gasteiger partial charge in [0.05, 0.1) is 0 Å². The maximum Gasteiger partial charge on any atom is 0.251 e. The van der Waals surface area contributed by atoms with Crippen LogP contribution in [-0.4, -0.2) is 18.3 Å². The summed E-state index contributed by atoms with van der Waals surface area (Å²) in [6, 6.07) is 5.65. The smallest absolute Gasteiger partial charge is 0.251 e. The Hall–Kier alpha value is -0.540. The summed E-state index contributed by atoms with van der Waals surface area (Å²) in [5, 5.41) is 2.93. The van der Waals surface area contributed by atoms with Crippen LogP contribution in [0.1, 0.15) is 29.3 Å². The average molecular weight is 319 g/mol. The average Bonchev–Trinajstić information content (AvgIpc) is 2.26. The summed E-state index contributed by atoms with van der Waals surface area (Å²) in [5.41, 5.74) is 1.70. The van der Waals surface area contributed by atoms with Crippen molar-refractivity contribution >= 4 is 33.4 Å². The highest BCUT2D eigenvalue weighted by molar-refractivity contribution is 9.10. The largest absolute Gasteiger partial charge is 0.352 e. The quantitative estimate of drug-likeness (QED) is 0.823. The van der Waals surface area contributed by atoms with E-state index in [0.717, 1.165) is 22.0 Å². The molecule has 0 saturated heterocycles. The lowest BCUT2D eigenvalue weighted by atomic mass is 10.1. The minimum absolute atomic E-state index is 0.0172. The molecule has 2 nitrogen and oxygen atoms in total. The molecule has 0 aliphatic rings. The lowest BCUT2D eigenvalue weighted by Gasteiger charge is -2.12. The Morgan fingerprint density at radius 1 is 1.53 bits per heavy atom. The molecule has 1 amide bonds. The molecule has 1 rings (SSSR count). The normalized spacial score (nSPS) is 12.2. The number of hydrogen-bond acceptors (Lipinski definition) is 1. The Labute approximate surface area is 116 Å². The summed E-state index contributed by atoms with van der Waals surface area (Å²) in [6.45, 7) is 4.68. The Bertz CT molecular complexity index is 395. The highest BCUT2D eigenvalue weighted by Gasteiger charge is 2.10. The fourth-order valence-corrected chi connectivity index (χ4v) is 2.38. The molecule has 0 saturated carbocycles. The maximum atomic E-state index is 11.9. The third-order valence-electron chi connectivity index (χ3n) is 2.65. The van der Waals surface area contributed by atoms with Crippen molar-refractivity contribution in [3.63, 3.8) is 0 Å². The van der Waals surface area contributed by atoms with Crippen LogP contribution in [0.3, 0.4) is 0 Å². The first-order valence-corrected chi connectivity index (χ1v) is 6.97. The minimum Gasteiger partial charge on any atom is -0.352 e. The van der Waals surface area contributed by atoms with Gasteiger partial charge in [-0.05, 0) is 43.0 Å². The fraction of sp³-hybridized carbons (Fsp3) is 0.462. The van der Waals surface area contributed by atoms with Crippen LogP contribution in [0.4, 0.5) is 0 Å². The van der Waals surface area contributed by atoms with Crippen LogP contribution < -0.4 is 5.32 Å². The number of carbonyl (C=O) groups excluding carboxylic acids is 1. The van der Waals surface area contributed by atoms with Gasteiger partial charge in [-0.25, -0.2) is 0 Å². The number of hydrogen-bond donors (Lipinski definition) is 1. The van der Waals surface area contributed by atoms with Crippen LogP contribution in [0.5, 0.6) is 0 Å². The maximum absolute atomic E-state index is 11.9. The van der Waals surface area contributed by atoms with E-state index in [1.165, 1.54) is 0 Å². The molecule has 0 heterocycles. The highest BCUT2D eigenvalue weighted by Crippen LogP contribution is 2.15. The molecule has 4 heteroatoms. The number of amides is 1. The number of halogens is 2. The molecule has 0 bridgehead atoms. The molecule has 94 valence electrons. The zero-order valence-electron chi connectivity index (χ0n) is 10.1. The van der Waals surface area contributed by atoms with Gasteiger partial charge in [-0.1, -0.05) is 22.9 Å². The fourth-order valence-electron chi connectivity index (χ4n) is 1.53. The summed E-state index contributed by atoms with van der Waals surface area (Å²) in [6.07, 6.45) is 0.918. The molecule has 0 radical (unpaired) electrons. The van der Waals surface area contributed by atoms with Gasteiger partial charge in [0.15, 0.2) is 0 Å². The minimum atomic E-state index is -0.0172. The van der Waals surface area contributed by atoms with Crippen molar-refractivity contribution in [2.75, 3.05) is 12.4 Å². The van der Waals surface area contributed by atoms with Gasteiger partial charge in [0.1, 0.15) is 0 Å². The third-order valence-corrected chi connectivity index (χ3v) is 3.36. The molecule has 1 aromatic rings. The molecule has 1 unspecified atom stereocenters. The van der Waals surface area contributed by atoms with Gasteiger partial charge in [-0.3, -0.25) is 4.79 Å². The van der Waals surface area contributed by atoms with Gasteiger partial charge in [0, 0.05) is 22.5 Å². The first kappa shape index (κ1) is 14.5. The van der Waals surface area contributed by atoms with E-state index < -0.39 is 0 Å². The summed E-state index contributed by atoms with van der Waals surface area (Å²) < 4.78 is 0.988. The Balaban J connectivity index is 2.58. The van der Waals surface area contributed by atoms with Crippen LogP contribution in [0.25, 0.3) is 0 Å². The monoisotopic (exact) mass is 317 g/mol. The van der Waals surface area contributed by atoms with E-state index in [1.807, 2.05) is 25.1 Å². The number of benzene rings is 1.